The fraction of sp³-hybridized carbons (Fsp3) is 0.364. The van der Waals surface area contributed by atoms with Crippen molar-refractivity contribution >= 4 is 17.2 Å². The van der Waals surface area contributed by atoms with E-state index in [-0.39, 0.29) is 10.6 Å². The van der Waals surface area contributed by atoms with E-state index in [2.05, 4.69) is 0 Å². The van der Waals surface area contributed by atoms with Gasteiger partial charge in [0.2, 0.25) is 0 Å². The minimum atomic E-state index is -0.454. The maximum absolute atomic E-state index is 13.4. The highest BCUT2D eigenvalue weighted by Crippen LogP contribution is 2.25. The van der Waals surface area contributed by atoms with Crippen LogP contribution in [0.4, 0.5) is 4.39 Å². The second-order valence-electron chi connectivity index (χ2n) is 4.19. The first-order valence-corrected chi connectivity index (χ1v) is 4.99. The van der Waals surface area contributed by atoms with Crippen molar-refractivity contribution in [3.63, 3.8) is 0 Å². The molecular formula is C11H14FNOS. The summed E-state index contributed by atoms with van der Waals surface area (Å²) in [5, 5.41) is 0. The minimum absolute atomic E-state index is 0.00681. The molecule has 0 aliphatic carbocycles. The zero-order chi connectivity index (χ0) is 11.6. The van der Waals surface area contributed by atoms with Crippen LogP contribution >= 0.6 is 12.2 Å². The Morgan fingerprint density at radius 2 is 2.00 bits per heavy atom. The average Bonchev–Trinajstić information content (AvgIpc) is 1.99. The predicted molar refractivity (Wildman–Crippen MR) is 62.7 cm³/mol. The highest BCUT2D eigenvalue weighted by atomic mass is 32.1. The molecule has 82 valence electrons. The summed E-state index contributed by atoms with van der Waals surface area (Å²) < 4.78 is 19.0. The topological polar surface area (TPSA) is 35.2 Å². The third kappa shape index (κ3) is 3.16. The fourth-order valence-electron chi connectivity index (χ4n) is 1.16. The first-order valence-electron chi connectivity index (χ1n) is 4.58. The van der Waals surface area contributed by atoms with E-state index in [4.69, 9.17) is 22.7 Å². The average molecular weight is 227 g/mol. The maximum Gasteiger partial charge on any atom is 0.137 e. The molecule has 0 saturated heterocycles. The number of nitrogens with two attached hydrogens (primary N) is 1. The van der Waals surface area contributed by atoms with Crippen LogP contribution in [0.2, 0.25) is 0 Å². The molecule has 0 fully saturated rings. The summed E-state index contributed by atoms with van der Waals surface area (Å²) in [4.78, 5) is 0.00681. The number of thiocarbonyl (C=S) groups is 1. The molecule has 0 aliphatic heterocycles. The normalized spacial score (nSPS) is 11.2. The second-order valence-corrected chi connectivity index (χ2v) is 4.63. The van der Waals surface area contributed by atoms with Crippen molar-refractivity contribution in [1.82, 2.24) is 0 Å². The molecule has 0 spiro atoms. The number of halogens is 1. The van der Waals surface area contributed by atoms with Gasteiger partial charge in [-0.1, -0.05) is 18.3 Å². The highest BCUT2D eigenvalue weighted by Gasteiger charge is 2.18. The molecule has 0 amide bonds. The van der Waals surface area contributed by atoms with E-state index in [1.54, 1.807) is 12.1 Å². The summed E-state index contributed by atoms with van der Waals surface area (Å²) in [6, 6.07) is 4.53. The van der Waals surface area contributed by atoms with Gasteiger partial charge in [-0.3, -0.25) is 0 Å². The largest absolute Gasteiger partial charge is 0.487 e. The summed E-state index contributed by atoms with van der Waals surface area (Å²) in [5.41, 5.74) is 5.21. The van der Waals surface area contributed by atoms with Crippen LogP contribution in [0.1, 0.15) is 26.3 Å². The third-order valence-electron chi connectivity index (χ3n) is 1.64. The van der Waals surface area contributed by atoms with Crippen molar-refractivity contribution in [3.05, 3.63) is 29.6 Å². The minimum Gasteiger partial charge on any atom is -0.487 e. The van der Waals surface area contributed by atoms with Crippen LogP contribution in [0, 0.1) is 5.82 Å². The molecular weight excluding hydrogens is 213 g/mol. The zero-order valence-electron chi connectivity index (χ0n) is 9.00. The molecule has 0 bridgehead atoms. The van der Waals surface area contributed by atoms with Gasteiger partial charge in [-0.2, -0.15) is 0 Å². The van der Waals surface area contributed by atoms with Crippen molar-refractivity contribution in [2.45, 2.75) is 26.4 Å². The Kier molecular flexibility index (Phi) is 3.29. The lowest BCUT2D eigenvalue weighted by atomic mass is 10.1. The lowest BCUT2D eigenvalue weighted by Gasteiger charge is -2.23. The quantitative estimate of drug-likeness (QED) is 0.789. The Labute approximate surface area is 94.2 Å². The molecule has 0 radical (unpaired) electrons. The van der Waals surface area contributed by atoms with Crippen LogP contribution in [0.3, 0.4) is 0 Å². The van der Waals surface area contributed by atoms with E-state index in [9.17, 15) is 4.39 Å². The lowest BCUT2D eigenvalue weighted by Crippen LogP contribution is -2.25. The summed E-state index contributed by atoms with van der Waals surface area (Å²) in [6.07, 6.45) is 0. The first kappa shape index (κ1) is 11.9. The zero-order valence-corrected chi connectivity index (χ0v) is 9.82. The van der Waals surface area contributed by atoms with Crippen molar-refractivity contribution in [1.29, 1.82) is 0 Å². The Morgan fingerprint density at radius 3 is 2.47 bits per heavy atom. The van der Waals surface area contributed by atoms with Gasteiger partial charge >= 0.3 is 0 Å². The second kappa shape index (κ2) is 4.14. The molecule has 0 atom stereocenters. The molecule has 1 rings (SSSR count). The van der Waals surface area contributed by atoms with E-state index in [1.165, 1.54) is 6.07 Å². The maximum atomic E-state index is 13.4. The van der Waals surface area contributed by atoms with Crippen molar-refractivity contribution in [2.75, 3.05) is 0 Å². The Balaban J connectivity index is 3.18. The molecule has 1 aromatic rings. The lowest BCUT2D eigenvalue weighted by molar-refractivity contribution is 0.130. The van der Waals surface area contributed by atoms with Crippen LogP contribution in [-0.4, -0.2) is 10.6 Å². The van der Waals surface area contributed by atoms with Gasteiger partial charge in [0, 0.05) is 0 Å². The highest BCUT2D eigenvalue weighted by molar-refractivity contribution is 7.80. The molecule has 2 N–H and O–H groups in total. The van der Waals surface area contributed by atoms with E-state index < -0.39 is 11.4 Å². The Hall–Kier alpha value is -1.16. The molecule has 4 heteroatoms. The number of benzene rings is 1. The summed E-state index contributed by atoms with van der Waals surface area (Å²) in [5.74, 6) is -0.0701. The summed E-state index contributed by atoms with van der Waals surface area (Å²) in [7, 11) is 0. The predicted octanol–water partition coefficient (Wildman–Crippen LogP) is 2.64. The van der Waals surface area contributed by atoms with E-state index in [1.807, 2.05) is 20.8 Å². The molecule has 0 saturated carbocycles. The Bertz CT molecular complexity index is 385. The number of ether oxygens (including phenoxy) is 1. The van der Waals surface area contributed by atoms with Crippen LogP contribution in [0.5, 0.6) is 5.75 Å². The van der Waals surface area contributed by atoms with Gasteiger partial charge in [-0.15, -0.1) is 0 Å². The van der Waals surface area contributed by atoms with Gasteiger partial charge in [0.1, 0.15) is 22.2 Å². The molecule has 0 unspecified atom stereocenters. The third-order valence-corrected chi connectivity index (χ3v) is 1.84. The summed E-state index contributed by atoms with van der Waals surface area (Å²) in [6.45, 7) is 5.63. The molecule has 0 aliphatic rings. The van der Waals surface area contributed by atoms with Gasteiger partial charge < -0.3 is 10.5 Å². The van der Waals surface area contributed by atoms with Crippen molar-refractivity contribution < 1.29 is 9.13 Å². The van der Waals surface area contributed by atoms with Crippen LogP contribution in [-0.2, 0) is 0 Å². The van der Waals surface area contributed by atoms with E-state index >= 15 is 0 Å². The van der Waals surface area contributed by atoms with Gasteiger partial charge in [0.05, 0.1) is 5.56 Å². The summed E-state index contributed by atoms with van der Waals surface area (Å²) >= 11 is 4.78. The van der Waals surface area contributed by atoms with Crippen molar-refractivity contribution in [3.8, 4) is 5.75 Å². The molecule has 15 heavy (non-hydrogen) atoms. The van der Waals surface area contributed by atoms with Crippen molar-refractivity contribution in [2.24, 2.45) is 5.73 Å². The number of hydrogen-bond acceptors (Lipinski definition) is 2. The SMILES string of the molecule is CC(C)(C)Oc1cccc(F)c1C(N)=S. The molecule has 1 aromatic carbocycles. The standard InChI is InChI=1S/C11H14FNOS/c1-11(2,3)14-8-6-4-5-7(12)9(8)10(13)15/h4-6H,1-3H3,(H2,13,15). The molecule has 2 nitrogen and oxygen atoms in total. The van der Waals surface area contributed by atoms with Gasteiger partial charge in [-0.25, -0.2) is 4.39 Å². The molecule has 0 aromatic heterocycles. The monoisotopic (exact) mass is 227 g/mol. The smallest absolute Gasteiger partial charge is 0.137 e. The fourth-order valence-corrected chi connectivity index (χ4v) is 1.36. The number of rotatable bonds is 2. The van der Waals surface area contributed by atoms with E-state index in [0.29, 0.717) is 5.75 Å². The van der Waals surface area contributed by atoms with Crippen LogP contribution < -0.4 is 10.5 Å². The van der Waals surface area contributed by atoms with Gasteiger partial charge in [-0.05, 0) is 32.9 Å². The van der Waals surface area contributed by atoms with Gasteiger partial charge in [0.25, 0.3) is 0 Å². The van der Waals surface area contributed by atoms with Crippen LogP contribution in [0.15, 0.2) is 18.2 Å². The first-order chi connectivity index (χ1) is 6.81. The van der Waals surface area contributed by atoms with E-state index in [0.717, 1.165) is 0 Å². The molecule has 0 heterocycles. The Morgan fingerprint density at radius 1 is 1.40 bits per heavy atom. The van der Waals surface area contributed by atoms with Gasteiger partial charge in [0.15, 0.2) is 0 Å². The number of hydrogen-bond donors (Lipinski definition) is 1. The van der Waals surface area contributed by atoms with Crippen LogP contribution in [0.25, 0.3) is 0 Å².